The van der Waals surface area contributed by atoms with Crippen LogP contribution in [-0.4, -0.2) is 57.3 Å². The Bertz CT molecular complexity index is 994. The van der Waals surface area contributed by atoms with Crippen molar-refractivity contribution >= 4 is 28.7 Å². The van der Waals surface area contributed by atoms with E-state index in [9.17, 15) is 9.59 Å². The highest BCUT2D eigenvalue weighted by atomic mass is 16.2. The Kier molecular flexibility index (Phi) is 4.53. The molecule has 2 amide bonds. The Balaban J connectivity index is 1.89. The first-order valence-electron chi connectivity index (χ1n) is 7.93. The minimum absolute atomic E-state index is 0.0531. The van der Waals surface area contributed by atoms with Crippen molar-refractivity contribution in [1.29, 1.82) is 0 Å². The molecule has 0 bridgehead atoms. The van der Waals surface area contributed by atoms with Crippen LogP contribution in [0, 0.1) is 6.92 Å². The number of carbonyl (C=O) groups excluding carboxylic acids is 2. The molecule has 134 valence electrons. The van der Waals surface area contributed by atoms with E-state index in [1.54, 1.807) is 14.1 Å². The van der Waals surface area contributed by atoms with Crippen LogP contribution in [0.3, 0.4) is 0 Å². The van der Waals surface area contributed by atoms with Crippen molar-refractivity contribution in [2.45, 2.75) is 6.92 Å². The van der Waals surface area contributed by atoms with Gasteiger partial charge in [0.05, 0.1) is 23.8 Å². The molecule has 0 unspecified atom stereocenters. The van der Waals surface area contributed by atoms with Gasteiger partial charge in [-0.05, 0) is 24.6 Å². The second-order valence-corrected chi connectivity index (χ2v) is 6.07. The molecule has 0 aliphatic rings. The molecule has 9 heteroatoms. The van der Waals surface area contributed by atoms with Gasteiger partial charge in [0.25, 0.3) is 5.91 Å². The van der Waals surface area contributed by atoms with Crippen LogP contribution in [0.1, 0.15) is 16.1 Å². The molecule has 0 aliphatic heterocycles. The van der Waals surface area contributed by atoms with Gasteiger partial charge in [-0.25, -0.2) is 15.0 Å². The highest BCUT2D eigenvalue weighted by Gasteiger charge is 2.16. The monoisotopic (exact) mass is 353 g/mol. The maximum atomic E-state index is 12.2. The minimum Gasteiger partial charge on any atom is -0.382 e. The molecule has 0 spiro atoms. The molecule has 2 aromatic heterocycles. The molecule has 3 aromatic rings. The fourth-order valence-corrected chi connectivity index (χ4v) is 2.32. The lowest BCUT2D eigenvalue weighted by Crippen LogP contribution is -2.36. The van der Waals surface area contributed by atoms with Gasteiger partial charge < -0.3 is 20.9 Å². The molecule has 0 saturated heterocycles. The first-order chi connectivity index (χ1) is 12.3. The van der Waals surface area contributed by atoms with Crippen LogP contribution in [-0.2, 0) is 4.79 Å². The normalized spacial score (nSPS) is 10.7. The number of aromatic nitrogens is 4. The Morgan fingerprint density at radius 3 is 2.77 bits per heavy atom. The fraction of sp³-hybridized carbons (Fsp3) is 0.235. The standard InChI is InChI=1S/C17H19N7O2/c1-9-4-5-10-11(6-9)23-16(22-10)14-15(18)19-7-12(21-14)17(26)20-8-13(25)24(2)3/h4-7H,8H2,1-3H3,(H2,18,19)(H,20,26)(H,22,23). The Morgan fingerprint density at radius 2 is 2.04 bits per heavy atom. The number of nitrogens with one attached hydrogen (secondary N) is 2. The van der Waals surface area contributed by atoms with Gasteiger partial charge in [0.15, 0.2) is 11.6 Å². The van der Waals surface area contributed by atoms with Gasteiger partial charge in [0.2, 0.25) is 5.91 Å². The molecule has 4 N–H and O–H groups in total. The van der Waals surface area contributed by atoms with Crippen molar-refractivity contribution in [2.24, 2.45) is 0 Å². The summed E-state index contributed by atoms with van der Waals surface area (Å²) in [6, 6.07) is 5.80. The Morgan fingerprint density at radius 1 is 1.27 bits per heavy atom. The number of aryl methyl sites for hydroxylation is 1. The summed E-state index contributed by atoms with van der Waals surface area (Å²) in [5.74, 6) is -0.160. The number of imidazole rings is 1. The van der Waals surface area contributed by atoms with Gasteiger partial charge in [0, 0.05) is 14.1 Å². The number of carbonyl (C=O) groups is 2. The van der Waals surface area contributed by atoms with Crippen LogP contribution in [0.4, 0.5) is 5.82 Å². The van der Waals surface area contributed by atoms with E-state index >= 15 is 0 Å². The average Bonchev–Trinajstić information content (AvgIpc) is 3.02. The molecule has 2 heterocycles. The molecule has 9 nitrogen and oxygen atoms in total. The third kappa shape index (κ3) is 3.46. The molecule has 0 radical (unpaired) electrons. The lowest BCUT2D eigenvalue weighted by Gasteiger charge is -2.11. The molecule has 0 aliphatic carbocycles. The highest BCUT2D eigenvalue weighted by Crippen LogP contribution is 2.23. The summed E-state index contributed by atoms with van der Waals surface area (Å²) in [5, 5.41) is 2.51. The van der Waals surface area contributed by atoms with E-state index in [0.717, 1.165) is 16.6 Å². The number of H-pyrrole nitrogens is 1. The van der Waals surface area contributed by atoms with E-state index in [2.05, 4.69) is 25.3 Å². The van der Waals surface area contributed by atoms with Gasteiger partial charge in [0.1, 0.15) is 11.4 Å². The van der Waals surface area contributed by atoms with Crippen molar-refractivity contribution in [3.8, 4) is 11.5 Å². The summed E-state index contributed by atoms with van der Waals surface area (Å²) in [4.78, 5) is 41.1. The quantitative estimate of drug-likeness (QED) is 0.634. The van der Waals surface area contributed by atoms with Crippen molar-refractivity contribution in [3.63, 3.8) is 0 Å². The largest absolute Gasteiger partial charge is 0.382 e. The number of anilines is 1. The molecular formula is C17H19N7O2. The van der Waals surface area contributed by atoms with Crippen LogP contribution in [0.25, 0.3) is 22.6 Å². The molecule has 3 rings (SSSR count). The van der Waals surface area contributed by atoms with Crippen molar-refractivity contribution in [3.05, 3.63) is 35.7 Å². The zero-order chi connectivity index (χ0) is 18.8. The SMILES string of the molecule is Cc1ccc2nc(-c3nc(C(=O)NCC(=O)N(C)C)cnc3N)[nH]c2c1. The number of nitrogen functional groups attached to an aromatic ring is 1. The third-order valence-corrected chi connectivity index (χ3v) is 3.79. The number of likely N-dealkylation sites (N-methyl/N-ethyl adjacent to an activating group) is 1. The second kappa shape index (κ2) is 6.79. The first-order valence-corrected chi connectivity index (χ1v) is 7.93. The number of amides is 2. The van der Waals surface area contributed by atoms with Crippen molar-refractivity contribution in [1.82, 2.24) is 30.2 Å². The third-order valence-electron chi connectivity index (χ3n) is 3.79. The predicted octanol–water partition coefficient (Wildman–Crippen LogP) is 0.729. The number of fused-ring (bicyclic) bond motifs is 1. The maximum absolute atomic E-state index is 12.2. The van der Waals surface area contributed by atoms with Crippen LogP contribution in [0.2, 0.25) is 0 Å². The van der Waals surface area contributed by atoms with E-state index in [4.69, 9.17) is 5.73 Å². The van der Waals surface area contributed by atoms with Gasteiger partial charge in [-0.15, -0.1) is 0 Å². The predicted molar refractivity (Wildman–Crippen MR) is 97.3 cm³/mol. The lowest BCUT2D eigenvalue weighted by molar-refractivity contribution is -0.127. The smallest absolute Gasteiger partial charge is 0.271 e. The number of aromatic amines is 1. The van der Waals surface area contributed by atoms with Crippen LogP contribution in [0.5, 0.6) is 0 Å². The second-order valence-electron chi connectivity index (χ2n) is 6.07. The molecule has 1 aromatic carbocycles. The van der Waals surface area contributed by atoms with E-state index in [1.807, 2.05) is 25.1 Å². The minimum atomic E-state index is -0.513. The average molecular weight is 353 g/mol. The summed E-state index contributed by atoms with van der Waals surface area (Å²) in [6.07, 6.45) is 1.26. The van der Waals surface area contributed by atoms with Gasteiger partial charge >= 0.3 is 0 Å². The number of nitrogens with zero attached hydrogens (tertiary/aromatic N) is 4. The van der Waals surface area contributed by atoms with Crippen LogP contribution >= 0.6 is 0 Å². The van der Waals surface area contributed by atoms with Crippen LogP contribution < -0.4 is 11.1 Å². The fourth-order valence-electron chi connectivity index (χ4n) is 2.32. The van der Waals surface area contributed by atoms with Crippen LogP contribution in [0.15, 0.2) is 24.4 Å². The van der Waals surface area contributed by atoms with E-state index in [0.29, 0.717) is 5.82 Å². The van der Waals surface area contributed by atoms with Crippen molar-refractivity contribution in [2.75, 3.05) is 26.4 Å². The highest BCUT2D eigenvalue weighted by molar-refractivity contribution is 5.95. The molecule has 0 atom stereocenters. The van der Waals surface area contributed by atoms with E-state index in [-0.39, 0.29) is 29.7 Å². The van der Waals surface area contributed by atoms with Gasteiger partial charge in [-0.1, -0.05) is 6.07 Å². The zero-order valence-corrected chi connectivity index (χ0v) is 14.7. The van der Waals surface area contributed by atoms with E-state index < -0.39 is 5.91 Å². The Hall–Kier alpha value is -3.49. The lowest BCUT2D eigenvalue weighted by atomic mass is 10.2. The summed E-state index contributed by atoms with van der Waals surface area (Å²) in [6.45, 7) is 1.85. The topological polar surface area (TPSA) is 130 Å². The zero-order valence-electron chi connectivity index (χ0n) is 14.7. The molecule has 26 heavy (non-hydrogen) atoms. The van der Waals surface area contributed by atoms with Gasteiger partial charge in [-0.3, -0.25) is 9.59 Å². The van der Waals surface area contributed by atoms with Gasteiger partial charge in [-0.2, -0.15) is 0 Å². The molecular weight excluding hydrogens is 334 g/mol. The number of nitrogens with two attached hydrogens (primary N) is 1. The number of hydrogen-bond donors (Lipinski definition) is 3. The summed E-state index contributed by atoms with van der Waals surface area (Å²) in [5.41, 5.74) is 8.94. The molecule has 0 saturated carbocycles. The van der Waals surface area contributed by atoms with E-state index in [1.165, 1.54) is 11.1 Å². The number of hydrogen-bond acceptors (Lipinski definition) is 6. The number of benzene rings is 1. The Labute approximate surface area is 149 Å². The summed E-state index contributed by atoms with van der Waals surface area (Å²) >= 11 is 0. The van der Waals surface area contributed by atoms with Crippen molar-refractivity contribution < 1.29 is 9.59 Å². The summed E-state index contributed by atoms with van der Waals surface area (Å²) < 4.78 is 0. The first kappa shape index (κ1) is 17.3. The maximum Gasteiger partial charge on any atom is 0.271 e. The summed E-state index contributed by atoms with van der Waals surface area (Å²) in [7, 11) is 3.22. The molecule has 0 fully saturated rings. The number of rotatable bonds is 4.